The zero-order valence-electron chi connectivity index (χ0n) is 7.26. The first-order chi connectivity index (χ1) is 5.99. The average Bonchev–Trinajstić information content (AvgIpc) is 2.02. The van der Waals surface area contributed by atoms with E-state index in [4.69, 9.17) is 0 Å². The van der Waals surface area contributed by atoms with E-state index in [0.29, 0.717) is 6.54 Å². The Morgan fingerprint density at radius 1 is 1.38 bits per heavy atom. The summed E-state index contributed by atoms with van der Waals surface area (Å²) in [7, 11) is 0. The monoisotopic (exact) mass is 192 g/mol. The van der Waals surface area contributed by atoms with Crippen LogP contribution in [0.1, 0.15) is 19.3 Å². The molecule has 0 aliphatic carbocycles. The van der Waals surface area contributed by atoms with E-state index >= 15 is 0 Å². The fourth-order valence-electron chi connectivity index (χ4n) is 1.35. The molecule has 0 saturated carbocycles. The lowest BCUT2D eigenvalue weighted by molar-refractivity contribution is -0.305. The van der Waals surface area contributed by atoms with Crippen LogP contribution < -0.4 is 5.11 Å². The Labute approximate surface area is 75.3 Å². The second-order valence-corrected chi connectivity index (χ2v) is 3.32. The summed E-state index contributed by atoms with van der Waals surface area (Å²) in [6.07, 6.45) is -0.411. The van der Waals surface area contributed by atoms with Crippen LogP contribution in [0.3, 0.4) is 0 Å². The Balaban J connectivity index is 2.21. The van der Waals surface area contributed by atoms with Gasteiger partial charge < -0.3 is 14.8 Å². The Morgan fingerprint density at radius 3 is 2.38 bits per heavy atom. The number of carbonyl (C=O) groups is 1. The van der Waals surface area contributed by atoms with E-state index in [-0.39, 0.29) is 32.4 Å². The van der Waals surface area contributed by atoms with Crippen molar-refractivity contribution in [2.45, 2.75) is 25.2 Å². The molecule has 0 unspecified atom stereocenters. The van der Waals surface area contributed by atoms with Gasteiger partial charge in [0.05, 0.1) is 0 Å². The zero-order valence-corrected chi connectivity index (χ0v) is 7.26. The maximum atomic E-state index is 12.6. The van der Waals surface area contributed by atoms with Crippen LogP contribution >= 0.6 is 0 Å². The predicted molar refractivity (Wildman–Crippen MR) is 40.2 cm³/mol. The second-order valence-electron chi connectivity index (χ2n) is 3.32. The number of hydrogen-bond donors (Lipinski definition) is 0. The van der Waals surface area contributed by atoms with Gasteiger partial charge in [-0.3, -0.25) is 0 Å². The number of hydrogen-bond acceptors (Lipinski definition) is 3. The molecule has 0 spiro atoms. The van der Waals surface area contributed by atoms with Gasteiger partial charge in [-0.2, -0.15) is 0 Å². The number of aliphatic carboxylic acids is 1. The summed E-state index contributed by atoms with van der Waals surface area (Å²) in [6, 6.07) is 0. The van der Waals surface area contributed by atoms with Crippen LogP contribution in [0.4, 0.5) is 8.78 Å². The van der Waals surface area contributed by atoms with Gasteiger partial charge in [0.15, 0.2) is 0 Å². The highest BCUT2D eigenvalue weighted by Gasteiger charge is 2.33. The number of halogens is 2. The van der Waals surface area contributed by atoms with Crippen molar-refractivity contribution in [2.75, 3.05) is 19.6 Å². The van der Waals surface area contributed by atoms with E-state index in [1.807, 2.05) is 0 Å². The van der Waals surface area contributed by atoms with Crippen LogP contribution in [-0.2, 0) is 4.79 Å². The van der Waals surface area contributed by atoms with Gasteiger partial charge >= 0.3 is 0 Å². The minimum atomic E-state index is -2.56. The summed E-state index contributed by atoms with van der Waals surface area (Å²) in [5.74, 6) is -3.69. The first-order valence-electron chi connectivity index (χ1n) is 4.30. The van der Waals surface area contributed by atoms with Gasteiger partial charge in [-0.05, 0) is 6.42 Å². The van der Waals surface area contributed by atoms with Crippen LogP contribution in [0.15, 0.2) is 0 Å². The number of carbonyl (C=O) groups excluding carboxylic acids is 1. The molecule has 0 bridgehead atoms. The van der Waals surface area contributed by atoms with Crippen LogP contribution in [0.2, 0.25) is 0 Å². The number of carboxylic acid groups (broad SMARTS) is 1. The molecule has 0 aromatic heterocycles. The van der Waals surface area contributed by atoms with Crippen LogP contribution in [0, 0.1) is 0 Å². The van der Waals surface area contributed by atoms with Gasteiger partial charge in [-0.1, -0.05) is 0 Å². The molecule has 5 heteroatoms. The normalized spacial score (nSPS) is 22.9. The molecule has 0 radical (unpaired) electrons. The molecular weight excluding hydrogens is 180 g/mol. The van der Waals surface area contributed by atoms with E-state index in [2.05, 4.69) is 0 Å². The molecule has 0 aromatic rings. The van der Waals surface area contributed by atoms with Crippen molar-refractivity contribution in [3.8, 4) is 0 Å². The van der Waals surface area contributed by atoms with Crippen molar-refractivity contribution in [2.24, 2.45) is 0 Å². The second kappa shape index (κ2) is 4.00. The number of alkyl halides is 2. The van der Waals surface area contributed by atoms with Gasteiger partial charge in [0, 0.05) is 38.4 Å². The first kappa shape index (κ1) is 10.4. The summed E-state index contributed by atoms with van der Waals surface area (Å²) in [4.78, 5) is 11.8. The maximum absolute atomic E-state index is 12.6. The van der Waals surface area contributed by atoms with Gasteiger partial charge in [0.2, 0.25) is 0 Å². The van der Waals surface area contributed by atoms with Crippen molar-refractivity contribution in [1.82, 2.24) is 4.90 Å². The molecule has 0 atom stereocenters. The van der Waals surface area contributed by atoms with Gasteiger partial charge in [0.25, 0.3) is 5.92 Å². The fraction of sp³-hybridized carbons (Fsp3) is 0.875. The van der Waals surface area contributed by atoms with E-state index in [1.54, 1.807) is 4.90 Å². The van der Waals surface area contributed by atoms with Gasteiger partial charge in [-0.25, -0.2) is 8.78 Å². The summed E-state index contributed by atoms with van der Waals surface area (Å²) in [6.45, 7) is 0.874. The lowest BCUT2D eigenvalue weighted by atomic mass is 10.1. The Hall–Kier alpha value is -0.710. The molecular formula is C8H12F2NO2-. The van der Waals surface area contributed by atoms with E-state index in [9.17, 15) is 18.7 Å². The van der Waals surface area contributed by atoms with Crippen LogP contribution in [0.5, 0.6) is 0 Å². The van der Waals surface area contributed by atoms with Crippen molar-refractivity contribution in [1.29, 1.82) is 0 Å². The van der Waals surface area contributed by atoms with Crippen LogP contribution in [0.25, 0.3) is 0 Å². The first-order valence-corrected chi connectivity index (χ1v) is 4.30. The topological polar surface area (TPSA) is 43.4 Å². The van der Waals surface area contributed by atoms with E-state index in [0.717, 1.165) is 0 Å². The summed E-state index contributed by atoms with van der Waals surface area (Å²) in [5.41, 5.74) is 0. The molecule has 3 nitrogen and oxygen atoms in total. The van der Waals surface area contributed by atoms with Gasteiger partial charge in [0.1, 0.15) is 0 Å². The number of nitrogens with zero attached hydrogens (tertiary/aromatic N) is 1. The molecule has 13 heavy (non-hydrogen) atoms. The van der Waals surface area contributed by atoms with Gasteiger partial charge in [-0.15, -0.1) is 0 Å². The summed E-state index contributed by atoms with van der Waals surface area (Å²) >= 11 is 0. The van der Waals surface area contributed by atoms with Crippen LogP contribution in [-0.4, -0.2) is 36.4 Å². The van der Waals surface area contributed by atoms with Crippen molar-refractivity contribution in [3.63, 3.8) is 0 Å². The van der Waals surface area contributed by atoms with E-state index < -0.39 is 11.9 Å². The Morgan fingerprint density at radius 2 is 1.92 bits per heavy atom. The highest BCUT2D eigenvalue weighted by atomic mass is 19.3. The number of rotatable bonds is 3. The quantitative estimate of drug-likeness (QED) is 0.625. The lowest BCUT2D eigenvalue weighted by Gasteiger charge is -2.31. The highest BCUT2D eigenvalue weighted by Crippen LogP contribution is 2.27. The molecule has 1 saturated heterocycles. The molecule has 0 aromatic carbocycles. The number of carboxylic acids is 1. The molecule has 1 fully saturated rings. The number of likely N-dealkylation sites (tertiary alicyclic amines) is 1. The third kappa shape index (κ3) is 3.67. The standard InChI is InChI=1S/C8H13F2NO2/c9-8(10)2-5-11(6-3-8)4-1-7(12)13/h1-6H2,(H,12,13)/p-1. The zero-order chi connectivity index (χ0) is 9.90. The third-order valence-corrected chi connectivity index (χ3v) is 2.22. The molecule has 0 N–H and O–H groups in total. The lowest BCUT2D eigenvalue weighted by Crippen LogP contribution is -2.41. The minimum absolute atomic E-state index is 0.0778. The Bertz CT molecular complexity index is 187. The molecule has 0 amide bonds. The molecule has 1 aliphatic rings. The Kier molecular flexibility index (Phi) is 3.19. The average molecular weight is 192 g/mol. The fourth-order valence-corrected chi connectivity index (χ4v) is 1.35. The predicted octanol–water partition coefficient (Wildman–Crippen LogP) is -0.143. The smallest absolute Gasteiger partial charge is 0.250 e. The number of piperidine rings is 1. The SMILES string of the molecule is O=C([O-])CCN1CCC(F)(F)CC1. The molecule has 1 aliphatic heterocycles. The van der Waals surface area contributed by atoms with E-state index in [1.165, 1.54) is 0 Å². The third-order valence-electron chi connectivity index (χ3n) is 2.22. The van der Waals surface area contributed by atoms with Crippen molar-refractivity contribution in [3.05, 3.63) is 0 Å². The summed E-state index contributed by atoms with van der Waals surface area (Å²) in [5, 5.41) is 10.1. The molecule has 1 rings (SSSR count). The minimum Gasteiger partial charge on any atom is -0.550 e. The molecule has 76 valence electrons. The largest absolute Gasteiger partial charge is 0.550 e. The van der Waals surface area contributed by atoms with Crippen molar-refractivity contribution < 1.29 is 18.7 Å². The molecule has 1 heterocycles. The van der Waals surface area contributed by atoms with Crippen molar-refractivity contribution >= 4 is 5.97 Å². The summed E-state index contributed by atoms with van der Waals surface area (Å²) < 4.78 is 25.2. The maximum Gasteiger partial charge on any atom is 0.250 e. The highest BCUT2D eigenvalue weighted by molar-refractivity contribution is 5.64.